The van der Waals surface area contributed by atoms with Crippen molar-refractivity contribution in [2.24, 2.45) is 0 Å². The number of aromatic nitrogens is 5. The van der Waals surface area contributed by atoms with Gasteiger partial charge in [-0.2, -0.15) is 0 Å². The third-order valence-corrected chi connectivity index (χ3v) is 9.87. The second-order valence-electron chi connectivity index (χ2n) is 12.3. The van der Waals surface area contributed by atoms with Crippen molar-refractivity contribution < 1.29 is 0 Å². The maximum atomic E-state index is 5.21. The van der Waals surface area contributed by atoms with Crippen LogP contribution in [0.25, 0.3) is 93.3 Å². The minimum absolute atomic E-state index is 0.960. The van der Waals surface area contributed by atoms with Crippen LogP contribution in [0.4, 0.5) is 0 Å². The van der Waals surface area contributed by atoms with Gasteiger partial charge in [0.2, 0.25) is 0 Å². The van der Waals surface area contributed by atoms with Crippen molar-refractivity contribution in [1.82, 2.24) is 23.5 Å². The molecule has 0 unspecified atom stereocenters. The van der Waals surface area contributed by atoms with Gasteiger partial charge < -0.3 is 9.13 Å². The van der Waals surface area contributed by atoms with E-state index < -0.39 is 0 Å². The first-order valence-corrected chi connectivity index (χ1v) is 15.9. The number of benzene rings is 6. The predicted molar refractivity (Wildman–Crippen MR) is 194 cm³/mol. The van der Waals surface area contributed by atoms with E-state index in [0.717, 1.165) is 49.9 Å². The van der Waals surface area contributed by atoms with Crippen LogP contribution in [0.5, 0.6) is 0 Å². The zero-order valence-corrected chi connectivity index (χ0v) is 25.2. The van der Waals surface area contributed by atoms with Gasteiger partial charge in [0, 0.05) is 61.5 Å². The van der Waals surface area contributed by atoms with Crippen LogP contribution in [0, 0.1) is 0 Å². The Labute approximate surface area is 268 Å². The summed E-state index contributed by atoms with van der Waals surface area (Å²) in [6.07, 6.45) is 3.91. The first kappa shape index (κ1) is 24.8. The predicted octanol–water partition coefficient (Wildman–Crippen LogP) is 10.4. The average molecular weight is 600 g/mol. The molecule has 0 amide bonds. The number of hydrogen-bond donors (Lipinski definition) is 0. The summed E-state index contributed by atoms with van der Waals surface area (Å²) in [4.78, 5) is 9.88. The van der Waals surface area contributed by atoms with Crippen molar-refractivity contribution in [3.8, 4) is 11.4 Å². The van der Waals surface area contributed by atoms with Crippen molar-refractivity contribution >= 4 is 82.0 Å². The maximum absolute atomic E-state index is 5.21. The van der Waals surface area contributed by atoms with Gasteiger partial charge in [-0.3, -0.25) is 9.38 Å². The van der Waals surface area contributed by atoms with Gasteiger partial charge in [-0.25, -0.2) is 4.98 Å². The quantitative estimate of drug-likeness (QED) is 0.186. The van der Waals surface area contributed by atoms with E-state index in [1.54, 1.807) is 0 Å². The number of fused-ring (bicyclic) bond motifs is 16. The minimum atomic E-state index is 0.960. The van der Waals surface area contributed by atoms with Gasteiger partial charge in [0.05, 0.1) is 38.6 Å². The SMILES string of the molecule is c1ccc(-n2c3ccccc3c3ccc4c5c6c7cnccc7n7c8ccccc8nc7c6ccc5n(-c5ccccc5)c4c32)cc1. The molecule has 0 saturated carbocycles. The van der Waals surface area contributed by atoms with Crippen molar-refractivity contribution in [3.05, 3.63) is 152 Å². The average Bonchev–Trinajstić information content (AvgIpc) is 3.80. The Balaban J connectivity index is 1.45. The normalized spacial score (nSPS) is 12.3. The fourth-order valence-corrected chi connectivity index (χ4v) is 8.02. The van der Waals surface area contributed by atoms with E-state index in [9.17, 15) is 0 Å². The van der Waals surface area contributed by atoms with E-state index in [1.807, 2.05) is 12.4 Å². The second kappa shape index (κ2) is 9.05. The molecule has 0 aliphatic heterocycles. The fourth-order valence-electron chi connectivity index (χ4n) is 8.02. The lowest BCUT2D eigenvalue weighted by molar-refractivity contribution is 1.15. The molecule has 0 atom stereocenters. The standard InChI is InChI=1S/C42H25N5/c1-3-11-26(12-4-1)45-34-17-9-7-15-28(34)29-19-20-30-39-37(46(41(30)40(29)45)27-13-5-2-6-14-27)22-21-31-38(39)32-25-43-24-23-35(32)47-36-18-10-8-16-33(36)44-42(31)47/h1-25H. The van der Waals surface area contributed by atoms with Crippen molar-refractivity contribution in [3.63, 3.8) is 0 Å². The van der Waals surface area contributed by atoms with Gasteiger partial charge >= 0.3 is 0 Å². The molecular weight excluding hydrogens is 574 g/mol. The molecule has 5 aromatic heterocycles. The largest absolute Gasteiger partial charge is 0.307 e. The smallest absolute Gasteiger partial charge is 0.146 e. The maximum Gasteiger partial charge on any atom is 0.146 e. The third-order valence-electron chi connectivity index (χ3n) is 9.87. The lowest BCUT2D eigenvalue weighted by atomic mass is 10.0. The zero-order valence-electron chi connectivity index (χ0n) is 25.2. The number of pyridine rings is 2. The first-order valence-electron chi connectivity index (χ1n) is 15.9. The molecule has 11 rings (SSSR count). The number of rotatable bonds is 2. The van der Waals surface area contributed by atoms with E-state index >= 15 is 0 Å². The lowest BCUT2D eigenvalue weighted by Crippen LogP contribution is -1.98. The molecule has 0 N–H and O–H groups in total. The van der Waals surface area contributed by atoms with E-state index in [-0.39, 0.29) is 0 Å². The molecule has 6 aromatic carbocycles. The first-order chi connectivity index (χ1) is 23.4. The third kappa shape index (κ3) is 3.17. The molecule has 47 heavy (non-hydrogen) atoms. The molecular formula is C42H25N5. The van der Waals surface area contributed by atoms with E-state index in [4.69, 9.17) is 4.98 Å². The van der Waals surface area contributed by atoms with Crippen LogP contribution in [0.15, 0.2) is 152 Å². The molecule has 218 valence electrons. The summed E-state index contributed by atoms with van der Waals surface area (Å²) in [6, 6.07) is 49.9. The monoisotopic (exact) mass is 599 g/mol. The molecule has 11 aromatic rings. The van der Waals surface area contributed by atoms with Crippen molar-refractivity contribution in [2.75, 3.05) is 0 Å². The van der Waals surface area contributed by atoms with E-state index in [0.29, 0.717) is 0 Å². The Morgan fingerprint density at radius 2 is 1.04 bits per heavy atom. The lowest BCUT2D eigenvalue weighted by Gasteiger charge is -2.12. The molecule has 0 fully saturated rings. The van der Waals surface area contributed by atoms with Crippen molar-refractivity contribution in [1.29, 1.82) is 0 Å². The molecule has 5 nitrogen and oxygen atoms in total. The van der Waals surface area contributed by atoms with Gasteiger partial charge in [0.15, 0.2) is 0 Å². The van der Waals surface area contributed by atoms with Gasteiger partial charge in [-0.05, 0) is 60.7 Å². The second-order valence-corrected chi connectivity index (χ2v) is 12.3. The van der Waals surface area contributed by atoms with Crippen LogP contribution in [-0.2, 0) is 0 Å². The minimum Gasteiger partial charge on any atom is -0.307 e. The Hall–Kier alpha value is -6.46. The number of nitrogens with zero attached hydrogens (tertiary/aromatic N) is 5. The molecule has 0 aliphatic rings. The Bertz CT molecular complexity index is 3060. The summed E-state index contributed by atoms with van der Waals surface area (Å²) in [5.41, 5.74) is 11.1. The topological polar surface area (TPSA) is 40.1 Å². The molecule has 0 spiro atoms. The Kier molecular flexibility index (Phi) is 4.78. The zero-order chi connectivity index (χ0) is 30.6. The molecule has 0 bridgehead atoms. The summed E-state index contributed by atoms with van der Waals surface area (Å²) < 4.78 is 7.19. The molecule has 0 aliphatic carbocycles. The van der Waals surface area contributed by atoms with Gasteiger partial charge in [-0.15, -0.1) is 0 Å². The van der Waals surface area contributed by atoms with Crippen LogP contribution in [0.2, 0.25) is 0 Å². The summed E-state index contributed by atoms with van der Waals surface area (Å²) >= 11 is 0. The van der Waals surface area contributed by atoms with Crippen molar-refractivity contribution in [2.45, 2.75) is 0 Å². The van der Waals surface area contributed by atoms with Crippen LogP contribution < -0.4 is 0 Å². The van der Waals surface area contributed by atoms with E-state index in [1.165, 1.54) is 43.5 Å². The summed E-state index contributed by atoms with van der Waals surface area (Å²) in [5, 5.41) is 8.28. The molecule has 0 radical (unpaired) electrons. The van der Waals surface area contributed by atoms with Crippen LogP contribution in [0.3, 0.4) is 0 Å². The van der Waals surface area contributed by atoms with E-state index in [2.05, 4.69) is 158 Å². The van der Waals surface area contributed by atoms with Gasteiger partial charge in [-0.1, -0.05) is 78.9 Å². The van der Waals surface area contributed by atoms with Gasteiger partial charge in [0.25, 0.3) is 0 Å². The highest BCUT2D eigenvalue weighted by molar-refractivity contribution is 6.33. The Morgan fingerprint density at radius 1 is 0.404 bits per heavy atom. The molecule has 0 saturated heterocycles. The Morgan fingerprint density at radius 3 is 1.85 bits per heavy atom. The highest BCUT2D eigenvalue weighted by Gasteiger charge is 2.24. The highest BCUT2D eigenvalue weighted by atomic mass is 15.0. The summed E-state index contributed by atoms with van der Waals surface area (Å²) in [6.45, 7) is 0. The van der Waals surface area contributed by atoms with Crippen LogP contribution >= 0.6 is 0 Å². The highest BCUT2D eigenvalue weighted by Crippen LogP contribution is 2.45. The fraction of sp³-hybridized carbons (Fsp3) is 0. The number of imidazole rings is 1. The summed E-state index contributed by atoms with van der Waals surface area (Å²) in [5.74, 6) is 0. The number of para-hydroxylation sites is 5. The molecule has 5 heteroatoms. The van der Waals surface area contributed by atoms with Crippen LogP contribution in [-0.4, -0.2) is 23.5 Å². The van der Waals surface area contributed by atoms with Crippen LogP contribution in [0.1, 0.15) is 0 Å². The summed E-state index contributed by atoms with van der Waals surface area (Å²) in [7, 11) is 0. The van der Waals surface area contributed by atoms with Gasteiger partial charge in [0.1, 0.15) is 5.65 Å². The number of hydrogen-bond acceptors (Lipinski definition) is 2. The molecule has 5 heterocycles.